The Morgan fingerprint density at radius 1 is 1.04 bits per heavy atom. The first-order valence-corrected chi connectivity index (χ1v) is 6.94. The molecule has 0 radical (unpaired) electrons. The van der Waals surface area contributed by atoms with Gasteiger partial charge in [-0.25, -0.2) is 0 Å². The molecule has 0 aliphatic heterocycles. The van der Waals surface area contributed by atoms with E-state index in [1.807, 2.05) is 18.2 Å². The summed E-state index contributed by atoms with van der Waals surface area (Å²) in [4.78, 5) is 22.8. The molecule has 2 N–H and O–H groups in total. The second-order valence-corrected chi connectivity index (χ2v) is 4.79. The van der Waals surface area contributed by atoms with Crippen molar-refractivity contribution in [3.63, 3.8) is 0 Å². The first-order chi connectivity index (χ1) is 11.0. The van der Waals surface area contributed by atoms with Crippen LogP contribution in [-0.2, 0) is 9.59 Å². The average molecular weight is 311 g/mol. The fraction of sp³-hybridized carbons (Fsp3) is 0.111. The van der Waals surface area contributed by atoms with Crippen LogP contribution in [0.15, 0.2) is 48.5 Å². The predicted molar refractivity (Wildman–Crippen MR) is 87.8 cm³/mol. The minimum Gasteiger partial charge on any atom is -0.493 e. The second-order valence-electron chi connectivity index (χ2n) is 4.79. The third kappa shape index (κ3) is 4.20. The average Bonchev–Trinajstić information content (AvgIpc) is 2.53. The van der Waals surface area contributed by atoms with Crippen LogP contribution in [0.4, 0.5) is 0 Å². The maximum absolute atomic E-state index is 11.7. The molecule has 0 unspecified atom stereocenters. The normalized spacial score (nSPS) is 11.0. The van der Waals surface area contributed by atoms with Crippen molar-refractivity contribution in [2.45, 2.75) is 6.92 Å². The minimum atomic E-state index is -0.528. The summed E-state index contributed by atoms with van der Waals surface area (Å²) in [6.45, 7) is 1.31. The van der Waals surface area contributed by atoms with Gasteiger partial charge in [0.05, 0.1) is 7.11 Å². The number of nitrogens with two attached hydrogens (primary N) is 1. The van der Waals surface area contributed by atoms with Crippen molar-refractivity contribution in [3.8, 4) is 11.5 Å². The smallest absolute Gasteiger partial charge is 0.308 e. The molecule has 0 aromatic heterocycles. The number of methoxy groups -OCH3 is 1. The number of benzene rings is 2. The zero-order valence-corrected chi connectivity index (χ0v) is 12.9. The molecule has 0 aliphatic carbocycles. The van der Waals surface area contributed by atoms with Crippen molar-refractivity contribution >= 4 is 23.5 Å². The molecule has 2 rings (SSSR count). The van der Waals surface area contributed by atoms with Gasteiger partial charge in [-0.05, 0) is 29.3 Å². The lowest BCUT2D eigenvalue weighted by atomic mass is 10.0. The van der Waals surface area contributed by atoms with Crippen LogP contribution in [-0.4, -0.2) is 19.0 Å². The molecule has 1 amide bonds. The second kappa shape index (κ2) is 7.26. The predicted octanol–water partition coefficient (Wildman–Crippen LogP) is 2.65. The Morgan fingerprint density at radius 3 is 2.30 bits per heavy atom. The van der Waals surface area contributed by atoms with Crippen LogP contribution >= 0.6 is 0 Å². The van der Waals surface area contributed by atoms with Gasteiger partial charge in [0.15, 0.2) is 11.5 Å². The van der Waals surface area contributed by atoms with Crippen molar-refractivity contribution in [2.75, 3.05) is 7.11 Å². The molecule has 0 heterocycles. The van der Waals surface area contributed by atoms with Gasteiger partial charge in [0, 0.05) is 12.5 Å². The molecule has 118 valence electrons. The molecule has 0 aliphatic rings. The zero-order chi connectivity index (χ0) is 16.8. The molecule has 2 aromatic rings. The quantitative estimate of drug-likeness (QED) is 0.398. The summed E-state index contributed by atoms with van der Waals surface area (Å²) in [6.07, 6.45) is 1.66. The summed E-state index contributed by atoms with van der Waals surface area (Å²) in [5.41, 5.74) is 7.29. The van der Waals surface area contributed by atoms with Gasteiger partial charge in [-0.15, -0.1) is 0 Å². The number of amides is 1. The monoisotopic (exact) mass is 311 g/mol. The van der Waals surface area contributed by atoms with Gasteiger partial charge in [-0.3, -0.25) is 9.59 Å². The highest BCUT2D eigenvalue weighted by Crippen LogP contribution is 2.30. The molecular formula is C18H17NO4. The topological polar surface area (TPSA) is 78.6 Å². The first kappa shape index (κ1) is 16.3. The SMILES string of the molecule is COc1cc(/C=C(/C(N)=O)c2ccccc2)ccc1OC(C)=O. The third-order valence-corrected chi connectivity index (χ3v) is 3.10. The number of ether oxygens (including phenoxy) is 2. The Hall–Kier alpha value is -3.08. The lowest BCUT2D eigenvalue weighted by Crippen LogP contribution is -2.12. The number of carbonyl (C=O) groups excluding carboxylic acids is 2. The van der Waals surface area contributed by atoms with Crippen molar-refractivity contribution in [3.05, 3.63) is 59.7 Å². The molecule has 0 saturated heterocycles. The molecule has 0 fully saturated rings. The molecule has 2 aromatic carbocycles. The number of carbonyl (C=O) groups is 2. The van der Waals surface area contributed by atoms with Gasteiger partial charge >= 0.3 is 5.97 Å². The molecule has 5 nitrogen and oxygen atoms in total. The number of hydrogen-bond acceptors (Lipinski definition) is 4. The molecule has 0 spiro atoms. The van der Waals surface area contributed by atoms with Gasteiger partial charge in [0.2, 0.25) is 5.91 Å². The summed E-state index contributed by atoms with van der Waals surface area (Å²) < 4.78 is 10.3. The van der Waals surface area contributed by atoms with E-state index in [-0.39, 0.29) is 0 Å². The summed E-state index contributed by atoms with van der Waals surface area (Å²) in [5, 5.41) is 0. The first-order valence-electron chi connectivity index (χ1n) is 6.94. The Balaban J connectivity index is 2.43. The van der Waals surface area contributed by atoms with Gasteiger partial charge in [-0.1, -0.05) is 36.4 Å². The van der Waals surface area contributed by atoms with E-state index < -0.39 is 11.9 Å². The highest BCUT2D eigenvalue weighted by atomic mass is 16.6. The van der Waals surface area contributed by atoms with Gasteiger partial charge in [0.1, 0.15) is 0 Å². The van der Waals surface area contributed by atoms with Crippen LogP contribution in [0.5, 0.6) is 11.5 Å². The largest absolute Gasteiger partial charge is 0.493 e. The fourth-order valence-electron chi connectivity index (χ4n) is 2.09. The Morgan fingerprint density at radius 2 is 1.74 bits per heavy atom. The maximum atomic E-state index is 11.7. The Kier molecular flexibility index (Phi) is 5.15. The molecule has 23 heavy (non-hydrogen) atoms. The van der Waals surface area contributed by atoms with Crippen LogP contribution in [0.1, 0.15) is 18.1 Å². The minimum absolute atomic E-state index is 0.317. The zero-order valence-electron chi connectivity index (χ0n) is 12.9. The molecule has 0 saturated carbocycles. The summed E-state index contributed by atoms with van der Waals surface area (Å²) >= 11 is 0. The van der Waals surface area contributed by atoms with Gasteiger partial charge in [-0.2, -0.15) is 0 Å². The lowest BCUT2D eigenvalue weighted by Gasteiger charge is -2.09. The van der Waals surface area contributed by atoms with Crippen molar-refractivity contribution in [2.24, 2.45) is 5.73 Å². The molecule has 5 heteroatoms. The standard InChI is InChI=1S/C18H17NO4/c1-12(20)23-16-9-8-13(11-17(16)22-2)10-15(18(19)21)14-6-4-3-5-7-14/h3-11H,1-2H3,(H2,19,21)/b15-10+. The van der Waals surface area contributed by atoms with E-state index in [0.717, 1.165) is 5.56 Å². The lowest BCUT2D eigenvalue weighted by molar-refractivity contribution is -0.132. The van der Waals surface area contributed by atoms with E-state index in [1.165, 1.54) is 14.0 Å². The van der Waals surface area contributed by atoms with E-state index in [0.29, 0.717) is 22.6 Å². The van der Waals surface area contributed by atoms with E-state index in [1.54, 1.807) is 36.4 Å². The summed E-state index contributed by atoms with van der Waals surface area (Å²) in [7, 11) is 1.47. The van der Waals surface area contributed by atoms with E-state index in [2.05, 4.69) is 0 Å². The van der Waals surface area contributed by atoms with Crippen LogP contribution in [0.25, 0.3) is 11.6 Å². The highest BCUT2D eigenvalue weighted by Gasteiger charge is 2.11. The molecule has 0 atom stereocenters. The van der Waals surface area contributed by atoms with E-state index in [9.17, 15) is 9.59 Å². The fourth-order valence-corrected chi connectivity index (χ4v) is 2.09. The highest BCUT2D eigenvalue weighted by molar-refractivity contribution is 6.23. The number of rotatable bonds is 5. The van der Waals surface area contributed by atoms with Crippen molar-refractivity contribution in [1.82, 2.24) is 0 Å². The molecular weight excluding hydrogens is 294 g/mol. The van der Waals surface area contributed by atoms with Gasteiger partial charge in [0.25, 0.3) is 0 Å². The third-order valence-electron chi connectivity index (χ3n) is 3.10. The van der Waals surface area contributed by atoms with E-state index in [4.69, 9.17) is 15.2 Å². The maximum Gasteiger partial charge on any atom is 0.308 e. The summed E-state index contributed by atoms with van der Waals surface area (Å²) in [5.74, 6) is -0.253. The van der Waals surface area contributed by atoms with Crippen molar-refractivity contribution in [1.29, 1.82) is 0 Å². The Labute approximate surface area is 134 Å². The number of esters is 1. The Bertz CT molecular complexity index is 751. The van der Waals surface area contributed by atoms with Crippen LogP contribution in [0.2, 0.25) is 0 Å². The van der Waals surface area contributed by atoms with Crippen molar-refractivity contribution < 1.29 is 19.1 Å². The van der Waals surface area contributed by atoms with Crippen LogP contribution in [0, 0.1) is 0 Å². The van der Waals surface area contributed by atoms with E-state index >= 15 is 0 Å². The number of primary amides is 1. The van der Waals surface area contributed by atoms with Gasteiger partial charge < -0.3 is 15.2 Å². The molecule has 0 bridgehead atoms. The summed E-state index contributed by atoms with van der Waals surface area (Å²) in [6, 6.07) is 14.1. The van der Waals surface area contributed by atoms with Crippen LogP contribution in [0.3, 0.4) is 0 Å². The van der Waals surface area contributed by atoms with Crippen LogP contribution < -0.4 is 15.2 Å². The number of hydrogen-bond donors (Lipinski definition) is 1.